The van der Waals surface area contributed by atoms with Crippen LogP contribution in [0.15, 0.2) is 64.0 Å². The molecule has 138 valence electrons. The van der Waals surface area contributed by atoms with Gasteiger partial charge in [-0.05, 0) is 55.5 Å². The van der Waals surface area contributed by atoms with Gasteiger partial charge in [0.25, 0.3) is 17.4 Å². The van der Waals surface area contributed by atoms with E-state index < -0.39 is 17.4 Å². The zero-order valence-electron chi connectivity index (χ0n) is 14.4. The summed E-state index contributed by atoms with van der Waals surface area (Å²) in [6, 6.07) is 12.7. The Morgan fingerprint density at radius 1 is 1.04 bits per heavy atom. The van der Waals surface area contributed by atoms with Crippen molar-refractivity contribution in [3.8, 4) is 17.2 Å². The van der Waals surface area contributed by atoms with Gasteiger partial charge in [0.1, 0.15) is 17.1 Å². The van der Waals surface area contributed by atoms with Gasteiger partial charge >= 0.3 is 0 Å². The van der Waals surface area contributed by atoms with E-state index in [1.54, 1.807) is 42.5 Å². The van der Waals surface area contributed by atoms with E-state index in [-0.39, 0.29) is 5.56 Å². The van der Waals surface area contributed by atoms with Gasteiger partial charge in [-0.2, -0.15) is 0 Å². The Kier molecular flexibility index (Phi) is 5.36. The first-order valence-corrected chi connectivity index (χ1v) is 8.19. The van der Waals surface area contributed by atoms with Gasteiger partial charge < -0.3 is 14.1 Å². The minimum Gasteiger partial charge on any atom is -0.494 e. The summed E-state index contributed by atoms with van der Waals surface area (Å²) in [5.74, 6) is -0.138. The predicted octanol–water partition coefficient (Wildman–Crippen LogP) is 2.11. The molecule has 0 saturated heterocycles. The molecule has 0 fully saturated rings. The minimum atomic E-state index is -0.735. The van der Waals surface area contributed by atoms with Crippen molar-refractivity contribution in [3.05, 3.63) is 76.3 Å². The highest BCUT2D eigenvalue weighted by Crippen LogP contribution is 2.15. The Hall–Kier alpha value is -3.81. The Bertz CT molecular complexity index is 991. The highest BCUT2D eigenvalue weighted by molar-refractivity contribution is 5.99. The lowest BCUT2D eigenvalue weighted by molar-refractivity contribution is 0.0846. The Balaban J connectivity index is 1.63. The third kappa shape index (κ3) is 4.24. The number of H-pyrrole nitrogens is 1. The lowest BCUT2D eigenvalue weighted by Gasteiger charge is -2.08. The summed E-state index contributed by atoms with van der Waals surface area (Å²) in [6.45, 7) is 2.38. The number of pyridine rings is 1. The van der Waals surface area contributed by atoms with Crippen LogP contribution in [0.5, 0.6) is 5.75 Å². The smallest absolute Gasteiger partial charge is 0.275 e. The maximum Gasteiger partial charge on any atom is 0.275 e. The summed E-state index contributed by atoms with van der Waals surface area (Å²) < 4.78 is 10.5. The number of ether oxygens (including phenoxy) is 1. The van der Waals surface area contributed by atoms with Crippen molar-refractivity contribution in [1.82, 2.24) is 15.8 Å². The van der Waals surface area contributed by atoms with Crippen LogP contribution in [0.25, 0.3) is 11.5 Å². The van der Waals surface area contributed by atoms with E-state index in [0.717, 1.165) is 0 Å². The van der Waals surface area contributed by atoms with Crippen molar-refractivity contribution in [2.24, 2.45) is 0 Å². The van der Waals surface area contributed by atoms with Gasteiger partial charge in [0.15, 0.2) is 0 Å². The third-order valence-electron chi connectivity index (χ3n) is 3.66. The zero-order valence-corrected chi connectivity index (χ0v) is 14.4. The SMILES string of the molecule is CCOc1ccc(C(=O)NNC(=O)c2ccc(-c3ccco3)[nH]c2=O)cc1. The molecule has 0 unspecified atom stereocenters. The van der Waals surface area contributed by atoms with Gasteiger partial charge in [0.2, 0.25) is 0 Å². The van der Waals surface area contributed by atoms with Crippen LogP contribution in [-0.2, 0) is 0 Å². The van der Waals surface area contributed by atoms with Crippen molar-refractivity contribution >= 4 is 11.8 Å². The molecule has 0 radical (unpaired) electrons. The van der Waals surface area contributed by atoms with Crippen LogP contribution in [-0.4, -0.2) is 23.4 Å². The Morgan fingerprint density at radius 3 is 2.41 bits per heavy atom. The topological polar surface area (TPSA) is 113 Å². The number of carbonyl (C=O) groups is 2. The molecular formula is C19H17N3O5. The number of nitrogens with one attached hydrogen (secondary N) is 3. The maximum atomic E-state index is 12.1. The van der Waals surface area contributed by atoms with Crippen LogP contribution in [0.2, 0.25) is 0 Å². The van der Waals surface area contributed by atoms with E-state index >= 15 is 0 Å². The number of aromatic amines is 1. The molecule has 0 saturated carbocycles. The number of hydrogen-bond acceptors (Lipinski definition) is 5. The first-order chi connectivity index (χ1) is 13.1. The van der Waals surface area contributed by atoms with Crippen molar-refractivity contribution in [2.45, 2.75) is 6.92 Å². The van der Waals surface area contributed by atoms with Crippen LogP contribution in [0.1, 0.15) is 27.6 Å². The molecule has 2 amide bonds. The Labute approximate surface area is 154 Å². The number of amides is 2. The quantitative estimate of drug-likeness (QED) is 0.598. The summed E-state index contributed by atoms with van der Waals surface area (Å²) in [5.41, 5.74) is 4.52. The van der Waals surface area contributed by atoms with Crippen LogP contribution < -0.4 is 21.1 Å². The van der Waals surface area contributed by atoms with Crippen LogP contribution >= 0.6 is 0 Å². The average Bonchev–Trinajstić information content (AvgIpc) is 3.21. The Morgan fingerprint density at radius 2 is 1.78 bits per heavy atom. The van der Waals surface area contributed by atoms with E-state index in [1.807, 2.05) is 6.92 Å². The fourth-order valence-corrected chi connectivity index (χ4v) is 2.35. The molecular weight excluding hydrogens is 350 g/mol. The molecule has 2 heterocycles. The molecule has 0 aliphatic rings. The van der Waals surface area contributed by atoms with Crippen LogP contribution in [0.3, 0.4) is 0 Å². The standard InChI is InChI=1S/C19H17N3O5/c1-2-26-13-7-5-12(6-8-13)17(23)21-22-19(25)14-9-10-15(20-18(14)24)16-4-3-11-27-16/h3-11H,2H2,1H3,(H,20,24)(H,21,23)(H,22,25). The maximum absolute atomic E-state index is 12.1. The largest absolute Gasteiger partial charge is 0.494 e. The summed E-state index contributed by atoms with van der Waals surface area (Å²) >= 11 is 0. The molecule has 0 spiro atoms. The van der Waals surface area contributed by atoms with Gasteiger partial charge in [-0.15, -0.1) is 0 Å². The van der Waals surface area contributed by atoms with Gasteiger partial charge in [0.05, 0.1) is 18.6 Å². The first-order valence-electron chi connectivity index (χ1n) is 8.19. The van der Waals surface area contributed by atoms with Gasteiger partial charge in [-0.25, -0.2) is 0 Å². The number of benzene rings is 1. The number of rotatable bonds is 5. The molecule has 8 heteroatoms. The molecule has 3 rings (SSSR count). The third-order valence-corrected chi connectivity index (χ3v) is 3.66. The second-order valence-corrected chi connectivity index (χ2v) is 5.46. The van der Waals surface area contributed by atoms with Crippen molar-refractivity contribution in [3.63, 3.8) is 0 Å². The molecule has 0 atom stereocenters. The second-order valence-electron chi connectivity index (χ2n) is 5.46. The van der Waals surface area contributed by atoms with Crippen molar-refractivity contribution in [2.75, 3.05) is 6.61 Å². The van der Waals surface area contributed by atoms with E-state index in [1.165, 1.54) is 12.3 Å². The minimum absolute atomic E-state index is 0.141. The zero-order chi connectivity index (χ0) is 19.2. The van der Waals surface area contributed by atoms with Gasteiger partial charge in [-0.3, -0.25) is 25.2 Å². The molecule has 3 N–H and O–H groups in total. The number of hydrazine groups is 1. The molecule has 3 aromatic rings. The molecule has 0 bridgehead atoms. The summed E-state index contributed by atoms with van der Waals surface area (Å²) in [5, 5.41) is 0. The molecule has 8 nitrogen and oxygen atoms in total. The van der Waals surface area contributed by atoms with Crippen LogP contribution in [0.4, 0.5) is 0 Å². The summed E-state index contributed by atoms with van der Waals surface area (Å²) in [4.78, 5) is 38.9. The molecule has 1 aromatic carbocycles. The number of aromatic nitrogens is 1. The molecule has 2 aromatic heterocycles. The van der Waals surface area contributed by atoms with E-state index in [4.69, 9.17) is 9.15 Å². The molecule has 27 heavy (non-hydrogen) atoms. The highest BCUT2D eigenvalue weighted by Gasteiger charge is 2.14. The fourth-order valence-electron chi connectivity index (χ4n) is 2.35. The van der Waals surface area contributed by atoms with Gasteiger partial charge in [-0.1, -0.05) is 0 Å². The molecule has 0 aliphatic carbocycles. The van der Waals surface area contributed by atoms with Crippen LogP contribution in [0, 0.1) is 0 Å². The highest BCUT2D eigenvalue weighted by atomic mass is 16.5. The second kappa shape index (κ2) is 8.05. The van der Waals surface area contributed by atoms with Crippen molar-refractivity contribution < 1.29 is 18.7 Å². The average molecular weight is 367 g/mol. The summed E-state index contributed by atoms with van der Waals surface area (Å²) in [6.07, 6.45) is 1.48. The normalized spacial score (nSPS) is 10.3. The van der Waals surface area contributed by atoms with E-state index in [9.17, 15) is 14.4 Å². The number of carbonyl (C=O) groups excluding carboxylic acids is 2. The predicted molar refractivity (Wildman–Crippen MR) is 97.3 cm³/mol. The van der Waals surface area contributed by atoms with Crippen molar-refractivity contribution in [1.29, 1.82) is 0 Å². The monoisotopic (exact) mass is 367 g/mol. The van der Waals surface area contributed by atoms with E-state index in [2.05, 4.69) is 15.8 Å². The number of hydrogen-bond donors (Lipinski definition) is 3. The lowest BCUT2D eigenvalue weighted by atomic mass is 10.2. The lowest BCUT2D eigenvalue weighted by Crippen LogP contribution is -2.43. The fraction of sp³-hybridized carbons (Fsp3) is 0.105. The molecule has 0 aliphatic heterocycles. The summed E-state index contributed by atoms with van der Waals surface area (Å²) in [7, 11) is 0. The first kappa shape index (κ1) is 18.0. The van der Waals surface area contributed by atoms with E-state index in [0.29, 0.717) is 29.4 Å². The number of furan rings is 1. The van der Waals surface area contributed by atoms with Gasteiger partial charge in [0, 0.05) is 5.56 Å².